The first-order valence-corrected chi connectivity index (χ1v) is 4.98. The van der Waals surface area contributed by atoms with Crippen LogP contribution in [0.2, 0.25) is 0 Å². The zero-order valence-corrected chi connectivity index (χ0v) is 9.31. The summed E-state index contributed by atoms with van der Waals surface area (Å²) in [5.74, 6) is 0. The maximum atomic E-state index is 3.42. The molecular weight excluding hydrogens is 268 g/mol. The summed E-state index contributed by atoms with van der Waals surface area (Å²) in [6.07, 6.45) is 0. The molecule has 0 bridgehead atoms. The minimum absolute atomic E-state index is 1.07. The zero-order valence-electron chi connectivity index (χ0n) is 6.14. The Morgan fingerprint density at radius 2 is 1.82 bits per heavy atom. The molecule has 0 aromatic heterocycles. The number of benzene rings is 1. The van der Waals surface area contributed by atoms with Crippen molar-refractivity contribution in [1.29, 1.82) is 0 Å². The van der Waals surface area contributed by atoms with Gasteiger partial charge >= 0.3 is 0 Å². The van der Waals surface area contributed by atoms with Gasteiger partial charge in [0, 0.05) is 4.48 Å². The van der Waals surface area contributed by atoms with Crippen LogP contribution in [-0.2, 0) is 0 Å². The number of halogens is 2. The Balaban J connectivity index is 2.99. The van der Waals surface area contributed by atoms with Crippen LogP contribution in [0.3, 0.4) is 0 Å². The quantitative estimate of drug-likeness (QED) is 0.724. The molecule has 1 aromatic carbocycles. The molecule has 0 aliphatic rings. The van der Waals surface area contributed by atoms with Gasteiger partial charge in [0.05, 0.1) is 0 Å². The Kier molecular flexibility index (Phi) is 3.34. The smallest absolute Gasteiger partial charge is 0.0316 e. The molecule has 11 heavy (non-hydrogen) atoms. The molecule has 0 nitrogen and oxygen atoms in total. The van der Waals surface area contributed by atoms with Crippen molar-refractivity contribution in [3.8, 4) is 0 Å². The van der Waals surface area contributed by atoms with Crippen molar-refractivity contribution in [3.05, 3.63) is 40.4 Å². The zero-order chi connectivity index (χ0) is 8.27. The Labute approximate surface area is 83.6 Å². The molecule has 0 spiro atoms. The number of hydrogen-bond donors (Lipinski definition) is 0. The van der Waals surface area contributed by atoms with E-state index in [1.165, 1.54) is 11.1 Å². The fourth-order valence-electron chi connectivity index (χ4n) is 0.776. The van der Waals surface area contributed by atoms with Gasteiger partial charge in [-0.1, -0.05) is 45.8 Å². The number of aryl methyl sites for hydroxylation is 1. The average molecular weight is 276 g/mol. The van der Waals surface area contributed by atoms with E-state index in [4.69, 9.17) is 0 Å². The van der Waals surface area contributed by atoms with Crippen molar-refractivity contribution < 1.29 is 0 Å². The molecule has 0 unspecified atom stereocenters. The predicted octanol–water partition coefficient (Wildman–Crippen LogP) is 4.08. The maximum Gasteiger partial charge on any atom is 0.0316 e. The van der Waals surface area contributed by atoms with Gasteiger partial charge in [-0.3, -0.25) is 0 Å². The predicted molar refractivity (Wildman–Crippen MR) is 57.0 cm³/mol. The molecule has 0 aliphatic heterocycles. The van der Waals surface area contributed by atoms with Crippen molar-refractivity contribution in [2.75, 3.05) is 0 Å². The van der Waals surface area contributed by atoms with Crippen molar-refractivity contribution in [2.24, 2.45) is 0 Å². The van der Waals surface area contributed by atoms with Crippen molar-refractivity contribution in [2.45, 2.75) is 6.92 Å². The lowest BCUT2D eigenvalue weighted by Gasteiger charge is -1.97. The Hall–Kier alpha value is -0.0800. The molecule has 58 valence electrons. The second-order valence-corrected chi connectivity index (χ2v) is 3.64. The minimum Gasteiger partial charge on any atom is -0.0587 e. The van der Waals surface area contributed by atoms with Crippen LogP contribution in [0.5, 0.6) is 0 Å². The van der Waals surface area contributed by atoms with Gasteiger partial charge in [-0.15, -0.1) is 0 Å². The van der Waals surface area contributed by atoms with Crippen LogP contribution in [0.25, 0.3) is 4.48 Å². The van der Waals surface area contributed by atoms with E-state index in [0.717, 1.165) is 4.48 Å². The molecule has 1 aromatic rings. The fourth-order valence-corrected chi connectivity index (χ4v) is 1.30. The lowest BCUT2D eigenvalue weighted by molar-refractivity contribution is 1.46. The molecule has 0 radical (unpaired) electrons. The first-order chi connectivity index (χ1) is 5.24. The third-order valence-electron chi connectivity index (χ3n) is 1.42. The van der Waals surface area contributed by atoms with E-state index >= 15 is 0 Å². The van der Waals surface area contributed by atoms with E-state index in [-0.39, 0.29) is 0 Å². The van der Waals surface area contributed by atoms with Crippen LogP contribution in [0.4, 0.5) is 0 Å². The van der Waals surface area contributed by atoms with E-state index in [2.05, 4.69) is 63.0 Å². The van der Waals surface area contributed by atoms with Crippen molar-refractivity contribution >= 4 is 36.3 Å². The first kappa shape index (κ1) is 9.01. The normalized spacial score (nSPS) is 11.7. The van der Waals surface area contributed by atoms with Crippen LogP contribution in [-0.4, -0.2) is 0 Å². The highest BCUT2D eigenvalue weighted by atomic mass is 79.9. The van der Waals surface area contributed by atoms with Gasteiger partial charge in [-0.05, 0) is 33.4 Å². The maximum absolute atomic E-state index is 3.42. The second kappa shape index (κ2) is 4.07. The molecule has 0 heterocycles. The summed E-state index contributed by atoms with van der Waals surface area (Å²) in [7, 11) is 0. The molecule has 0 saturated carbocycles. The summed E-state index contributed by atoms with van der Waals surface area (Å²) >= 11 is 6.68. The Morgan fingerprint density at radius 1 is 1.27 bits per heavy atom. The largest absolute Gasteiger partial charge is 0.0587 e. The summed E-state index contributed by atoms with van der Waals surface area (Å²) in [4.78, 5) is 1.86. The van der Waals surface area contributed by atoms with Crippen LogP contribution in [0.15, 0.2) is 29.3 Å². The van der Waals surface area contributed by atoms with Gasteiger partial charge in [0.25, 0.3) is 0 Å². The highest BCUT2D eigenvalue weighted by molar-refractivity contribution is 9.16. The van der Waals surface area contributed by atoms with Gasteiger partial charge in [0.2, 0.25) is 0 Å². The molecule has 0 atom stereocenters. The summed E-state index contributed by atoms with van der Waals surface area (Å²) in [5.41, 5.74) is 2.47. The van der Waals surface area contributed by atoms with Gasteiger partial charge in [0.1, 0.15) is 0 Å². The second-order valence-electron chi connectivity index (χ2n) is 2.32. The summed E-state index contributed by atoms with van der Waals surface area (Å²) < 4.78 is 1.07. The molecule has 0 N–H and O–H groups in total. The standard InChI is InChI=1S/C9H8Br2/c1-7-2-4-8(5-3-7)9(11)6-10/h2-6H,1H3/b9-6-. The molecule has 1 rings (SSSR count). The van der Waals surface area contributed by atoms with E-state index in [1.54, 1.807) is 0 Å². The monoisotopic (exact) mass is 274 g/mol. The minimum atomic E-state index is 1.07. The SMILES string of the molecule is Cc1ccc(/C(Br)=C/Br)cc1. The average Bonchev–Trinajstić information content (AvgIpc) is 2.05. The highest BCUT2D eigenvalue weighted by Crippen LogP contribution is 2.22. The summed E-state index contributed by atoms with van der Waals surface area (Å²) in [6, 6.07) is 8.34. The third kappa shape index (κ3) is 2.46. The van der Waals surface area contributed by atoms with Crippen molar-refractivity contribution in [3.63, 3.8) is 0 Å². The highest BCUT2D eigenvalue weighted by Gasteiger charge is 1.93. The van der Waals surface area contributed by atoms with Crippen LogP contribution in [0.1, 0.15) is 11.1 Å². The van der Waals surface area contributed by atoms with Gasteiger partial charge in [-0.25, -0.2) is 0 Å². The van der Waals surface area contributed by atoms with Gasteiger partial charge < -0.3 is 0 Å². The van der Waals surface area contributed by atoms with E-state index < -0.39 is 0 Å². The van der Waals surface area contributed by atoms with Gasteiger partial charge in [-0.2, -0.15) is 0 Å². The van der Waals surface area contributed by atoms with Crippen LogP contribution >= 0.6 is 31.9 Å². The molecule has 0 amide bonds. The lowest BCUT2D eigenvalue weighted by Crippen LogP contribution is -1.75. The fraction of sp³-hybridized carbons (Fsp3) is 0.111. The molecule has 0 saturated heterocycles. The summed E-state index contributed by atoms with van der Waals surface area (Å²) in [5, 5.41) is 0. The topological polar surface area (TPSA) is 0 Å². The lowest BCUT2D eigenvalue weighted by atomic mass is 10.1. The van der Waals surface area contributed by atoms with E-state index in [9.17, 15) is 0 Å². The molecule has 2 heteroatoms. The number of rotatable bonds is 1. The Bertz CT molecular complexity index is 259. The third-order valence-corrected chi connectivity index (χ3v) is 3.18. The Morgan fingerprint density at radius 3 is 2.27 bits per heavy atom. The van der Waals surface area contributed by atoms with Crippen molar-refractivity contribution in [1.82, 2.24) is 0 Å². The first-order valence-electron chi connectivity index (χ1n) is 3.27. The van der Waals surface area contributed by atoms with Crippen LogP contribution < -0.4 is 0 Å². The van der Waals surface area contributed by atoms with E-state index in [1.807, 2.05) is 4.99 Å². The van der Waals surface area contributed by atoms with Crippen LogP contribution in [0, 0.1) is 6.92 Å². The number of hydrogen-bond acceptors (Lipinski definition) is 0. The van der Waals surface area contributed by atoms with Gasteiger partial charge in [0.15, 0.2) is 0 Å². The van der Waals surface area contributed by atoms with E-state index in [0.29, 0.717) is 0 Å². The summed E-state index contributed by atoms with van der Waals surface area (Å²) in [6.45, 7) is 2.08. The molecule has 0 fully saturated rings. The molecular formula is C9H8Br2. The molecule has 0 aliphatic carbocycles.